The lowest BCUT2D eigenvalue weighted by Gasteiger charge is -2.23. The highest BCUT2D eigenvalue weighted by molar-refractivity contribution is 7.40. The molecule has 2 aromatic rings. The molecule has 0 spiro atoms. The fourth-order valence-electron chi connectivity index (χ4n) is 3.19. The zero-order valence-corrected chi connectivity index (χ0v) is 17.0. The van der Waals surface area contributed by atoms with Crippen LogP contribution in [-0.4, -0.2) is 9.79 Å². The van der Waals surface area contributed by atoms with Crippen molar-refractivity contribution in [1.82, 2.24) is 0 Å². The Hall–Kier alpha value is -1.32. The molecule has 2 N–H and O–H groups in total. The minimum absolute atomic E-state index is 0.260. The van der Waals surface area contributed by atoms with Crippen LogP contribution in [0.3, 0.4) is 0 Å². The van der Waals surface area contributed by atoms with Crippen LogP contribution >= 0.6 is 17.4 Å². The number of benzene rings is 2. The van der Waals surface area contributed by atoms with Gasteiger partial charge in [0.2, 0.25) is 0 Å². The molecule has 0 aromatic heterocycles. The molecule has 0 bridgehead atoms. The Bertz CT molecular complexity index is 732. The van der Waals surface area contributed by atoms with Crippen LogP contribution in [0.2, 0.25) is 0 Å². The van der Waals surface area contributed by atoms with E-state index in [9.17, 15) is 8.39 Å². The molecule has 0 aliphatic carbocycles. The van der Waals surface area contributed by atoms with Crippen molar-refractivity contribution >= 4 is 17.4 Å². The van der Waals surface area contributed by atoms with Crippen LogP contribution in [0.4, 0.5) is 8.39 Å². The predicted octanol–water partition coefficient (Wildman–Crippen LogP) is 6.21. The maximum Gasteiger partial charge on any atom is 0.436 e. The van der Waals surface area contributed by atoms with Gasteiger partial charge in [-0.2, -0.15) is 0 Å². The van der Waals surface area contributed by atoms with Crippen molar-refractivity contribution in [3.05, 3.63) is 57.6 Å². The van der Waals surface area contributed by atoms with E-state index in [1.807, 2.05) is 45.0 Å². The van der Waals surface area contributed by atoms with Gasteiger partial charge >= 0.3 is 17.4 Å². The summed E-state index contributed by atoms with van der Waals surface area (Å²) >= 11 is 0. The van der Waals surface area contributed by atoms with Gasteiger partial charge in [0, 0.05) is 17.0 Å². The molecule has 0 aliphatic heterocycles. The van der Waals surface area contributed by atoms with E-state index >= 15 is 0 Å². The summed E-state index contributed by atoms with van der Waals surface area (Å²) in [5.41, 5.74) is 4.56. The van der Waals surface area contributed by atoms with Gasteiger partial charge in [-0.1, -0.05) is 42.3 Å². The Labute approximate surface area is 154 Å². The van der Waals surface area contributed by atoms with Crippen molar-refractivity contribution in [1.29, 1.82) is 0 Å². The number of rotatable bonds is 6. The summed E-state index contributed by atoms with van der Waals surface area (Å²) in [4.78, 5) is 18.2. The molecule has 0 amide bonds. The van der Waals surface area contributed by atoms with Crippen molar-refractivity contribution in [3.63, 3.8) is 0 Å². The fourth-order valence-corrected chi connectivity index (χ4v) is 3.99. The summed E-state index contributed by atoms with van der Waals surface area (Å²) < 4.78 is 36.5. The molecule has 8 heteroatoms. The average molecular weight is 402 g/mol. The van der Waals surface area contributed by atoms with E-state index in [1.165, 1.54) is 0 Å². The third-order valence-electron chi connectivity index (χ3n) is 4.16. The van der Waals surface area contributed by atoms with Crippen LogP contribution in [-0.2, 0) is 0 Å². The monoisotopic (exact) mass is 402 g/mol. The second kappa shape index (κ2) is 8.58. The second-order valence-electron chi connectivity index (χ2n) is 6.36. The van der Waals surface area contributed by atoms with Crippen molar-refractivity contribution in [2.75, 3.05) is 0 Å². The molecule has 142 valence electrons. The quantitative estimate of drug-likeness (QED) is 0.565. The molecule has 0 radical (unpaired) electrons. The van der Waals surface area contributed by atoms with Crippen molar-refractivity contribution in [2.24, 2.45) is 0 Å². The van der Waals surface area contributed by atoms with Crippen LogP contribution in [0.1, 0.15) is 46.2 Å². The first-order valence-electron chi connectivity index (χ1n) is 7.98. The van der Waals surface area contributed by atoms with Crippen molar-refractivity contribution < 1.29 is 27.2 Å². The molecule has 2 atom stereocenters. The zero-order chi connectivity index (χ0) is 19.6. The van der Waals surface area contributed by atoms with Crippen LogP contribution < -0.4 is 9.05 Å². The Morgan fingerprint density at radius 2 is 1.12 bits per heavy atom. The second-order valence-corrected chi connectivity index (χ2v) is 7.63. The van der Waals surface area contributed by atoms with Gasteiger partial charge in [0.25, 0.3) is 0 Å². The van der Waals surface area contributed by atoms with Crippen LogP contribution in [0.15, 0.2) is 24.3 Å². The van der Waals surface area contributed by atoms with E-state index in [0.29, 0.717) is 22.3 Å². The summed E-state index contributed by atoms with van der Waals surface area (Å²) in [5.74, 6) is 0.175. The first-order valence-corrected chi connectivity index (χ1v) is 10.2. The summed E-state index contributed by atoms with van der Waals surface area (Å²) in [7, 11) is -6.15. The van der Waals surface area contributed by atoms with Gasteiger partial charge in [0.05, 0.1) is 0 Å². The average Bonchev–Trinajstić information content (AvgIpc) is 2.50. The molecular weight excluding hydrogens is 380 g/mol. The summed E-state index contributed by atoms with van der Waals surface area (Å²) in [6.45, 7) is 9.20. The fraction of sp³-hybridized carbons (Fsp3) is 0.333. The van der Waals surface area contributed by atoms with Gasteiger partial charge in [-0.3, -0.25) is 0 Å². The van der Waals surface area contributed by atoms with E-state index in [2.05, 4.69) is 0 Å². The lowest BCUT2D eigenvalue weighted by molar-refractivity contribution is 0.426. The number of hydrogen-bond donors (Lipinski definition) is 2. The highest BCUT2D eigenvalue weighted by Gasteiger charge is 2.24. The minimum atomic E-state index is -3.07. The van der Waals surface area contributed by atoms with Gasteiger partial charge in [-0.15, -0.1) is 8.39 Å². The number of hydrogen-bond acceptors (Lipinski definition) is 4. The van der Waals surface area contributed by atoms with Crippen LogP contribution in [0.25, 0.3) is 0 Å². The molecule has 4 nitrogen and oxygen atoms in total. The maximum atomic E-state index is 13.2. The van der Waals surface area contributed by atoms with Crippen LogP contribution in [0.5, 0.6) is 11.5 Å². The summed E-state index contributed by atoms with van der Waals surface area (Å²) in [6.07, 6.45) is 0. The molecular formula is C18H22F2O4P2. The van der Waals surface area contributed by atoms with Crippen molar-refractivity contribution in [2.45, 2.75) is 40.5 Å². The third kappa shape index (κ3) is 4.89. The maximum absolute atomic E-state index is 13.2. The Morgan fingerprint density at radius 3 is 1.42 bits per heavy atom. The molecule has 0 fully saturated rings. The van der Waals surface area contributed by atoms with E-state index in [4.69, 9.17) is 18.8 Å². The third-order valence-corrected chi connectivity index (χ3v) is 4.83. The minimum Gasteiger partial charge on any atom is -0.423 e. The SMILES string of the molecule is Cc1cc(C)c(OP(O)F)c(C(C)c2cc(C)cc(C)c2OP(O)F)c1. The highest BCUT2D eigenvalue weighted by atomic mass is 31.2. The van der Waals surface area contributed by atoms with Crippen LogP contribution in [0, 0.1) is 27.7 Å². The molecule has 0 saturated heterocycles. The standard InChI is InChI=1S/C18H22F2O4P2/c1-10-6-12(3)17(23-25(19)21)15(8-10)14(5)16-9-11(2)7-13(4)18(16)24-26(20)22/h6-9,14,21-22H,1-5H3. The first-order chi connectivity index (χ1) is 12.1. The predicted molar refractivity (Wildman–Crippen MR) is 101 cm³/mol. The summed E-state index contributed by atoms with van der Waals surface area (Å²) in [6, 6.07) is 7.34. The molecule has 26 heavy (non-hydrogen) atoms. The Balaban J connectivity index is 2.64. The largest absolute Gasteiger partial charge is 0.436 e. The highest BCUT2D eigenvalue weighted by Crippen LogP contribution is 2.47. The summed E-state index contributed by atoms with van der Waals surface area (Å²) in [5, 5.41) is 0. The van der Waals surface area contributed by atoms with Gasteiger partial charge in [0.1, 0.15) is 11.5 Å². The van der Waals surface area contributed by atoms with Gasteiger partial charge in [-0.25, -0.2) is 0 Å². The molecule has 2 aromatic carbocycles. The van der Waals surface area contributed by atoms with E-state index < -0.39 is 17.4 Å². The van der Waals surface area contributed by atoms with E-state index in [-0.39, 0.29) is 17.4 Å². The molecule has 2 unspecified atom stereocenters. The van der Waals surface area contributed by atoms with Gasteiger partial charge in [-0.05, 0) is 38.8 Å². The molecule has 0 saturated carbocycles. The number of aryl methyl sites for hydroxylation is 4. The molecule has 0 aliphatic rings. The smallest absolute Gasteiger partial charge is 0.423 e. The normalized spacial score (nSPS) is 14.7. The Kier molecular flexibility index (Phi) is 6.92. The van der Waals surface area contributed by atoms with E-state index in [1.54, 1.807) is 13.8 Å². The first kappa shape index (κ1) is 21.0. The van der Waals surface area contributed by atoms with E-state index in [0.717, 1.165) is 11.1 Å². The van der Waals surface area contributed by atoms with Crippen molar-refractivity contribution in [3.8, 4) is 11.5 Å². The Morgan fingerprint density at radius 1 is 0.769 bits per heavy atom. The molecule has 2 rings (SSSR count). The van der Waals surface area contributed by atoms with Gasteiger partial charge < -0.3 is 18.8 Å². The lowest BCUT2D eigenvalue weighted by Crippen LogP contribution is -2.05. The topological polar surface area (TPSA) is 58.9 Å². The zero-order valence-electron chi connectivity index (χ0n) is 15.2. The van der Waals surface area contributed by atoms with Gasteiger partial charge in [0.15, 0.2) is 0 Å². The number of halogens is 2. The molecule has 0 heterocycles. The lowest BCUT2D eigenvalue weighted by atomic mass is 9.87.